The van der Waals surface area contributed by atoms with E-state index in [1.165, 1.54) is 70.9 Å². The summed E-state index contributed by atoms with van der Waals surface area (Å²) in [6, 6.07) is 0.588. The van der Waals surface area contributed by atoms with Crippen LogP contribution in [0.4, 0.5) is 0 Å². The highest BCUT2D eigenvalue weighted by Gasteiger charge is 2.28. The van der Waals surface area contributed by atoms with Gasteiger partial charge < -0.3 is 0 Å². The molecule has 2 fully saturated rings. The van der Waals surface area contributed by atoms with Crippen LogP contribution in [0.2, 0.25) is 0 Å². The zero-order valence-corrected chi connectivity index (χ0v) is 12.1. The van der Waals surface area contributed by atoms with Gasteiger partial charge in [-0.2, -0.15) is 0 Å². The molecule has 18 heavy (non-hydrogen) atoms. The molecule has 102 valence electrons. The topological polar surface area (TPSA) is 3.24 Å². The standard InChI is InChI=1S/C17H29N/c1-2-3-4-8-13-17(18-14-9-10-15-18)16-11-6-5-7-12-16/h16-17H,2-7,9-12,14-15H2,1H3. The monoisotopic (exact) mass is 247 g/mol. The highest BCUT2D eigenvalue weighted by Crippen LogP contribution is 2.30. The summed E-state index contributed by atoms with van der Waals surface area (Å²) >= 11 is 0. The van der Waals surface area contributed by atoms with E-state index >= 15 is 0 Å². The molecular formula is C17H29N. The number of hydrogen-bond acceptors (Lipinski definition) is 1. The van der Waals surface area contributed by atoms with Crippen LogP contribution in [0.1, 0.15) is 71.1 Å². The maximum absolute atomic E-state index is 3.64. The van der Waals surface area contributed by atoms with Crippen molar-refractivity contribution in [3.63, 3.8) is 0 Å². The van der Waals surface area contributed by atoms with Gasteiger partial charge in [-0.15, -0.1) is 5.92 Å². The first-order valence-electron chi connectivity index (χ1n) is 8.14. The molecule has 1 saturated carbocycles. The minimum Gasteiger partial charge on any atom is -0.290 e. The zero-order valence-electron chi connectivity index (χ0n) is 12.1. The lowest BCUT2D eigenvalue weighted by atomic mass is 9.83. The number of likely N-dealkylation sites (tertiary alicyclic amines) is 1. The van der Waals surface area contributed by atoms with E-state index in [4.69, 9.17) is 0 Å². The highest BCUT2D eigenvalue weighted by molar-refractivity contribution is 5.11. The van der Waals surface area contributed by atoms with Crippen molar-refractivity contribution in [1.29, 1.82) is 0 Å². The second-order valence-electron chi connectivity index (χ2n) is 6.01. The molecule has 0 amide bonds. The first kappa shape index (κ1) is 13.9. The molecular weight excluding hydrogens is 218 g/mol. The molecule has 1 aliphatic heterocycles. The van der Waals surface area contributed by atoms with Gasteiger partial charge in [0.05, 0.1) is 6.04 Å². The van der Waals surface area contributed by atoms with Gasteiger partial charge in [-0.3, -0.25) is 4.90 Å². The van der Waals surface area contributed by atoms with E-state index in [-0.39, 0.29) is 0 Å². The Labute approximate surface area is 113 Å². The first-order chi connectivity index (χ1) is 8.92. The van der Waals surface area contributed by atoms with E-state index in [2.05, 4.69) is 23.7 Å². The number of rotatable bonds is 4. The molecule has 0 aromatic carbocycles. The van der Waals surface area contributed by atoms with Crippen LogP contribution in [0.3, 0.4) is 0 Å². The average molecular weight is 247 g/mol. The maximum Gasteiger partial charge on any atom is 0.0743 e. The van der Waals surface area contributed by atoms with Crippen molar-refractivity contribution in [2.45, 2.75) is 77.2 Å². The quantitative estimate of drug-likeness (QED) is 0.531. The number of nitrogens with zero attached hydrogens (tertiary/aromatic N) is 1. The van der Waals surface area contributed by atoms with Crippen LogP contribution in [-0.4, -0.2) is 24.0 Å². The summed E-state index contributed by atoms with van der Waals surface area (Å²) in [4.78, 5) is 2.68. The average Bonchev–Trinajstić information content (AvgIpc) is 2.94. The first-order valence-corrected chi connectivity index (χ1v) is 8.14. The largest absolute Gasteiger partial charge is 0.290 e. The molecule has 1 unspecified atom stereocenters. The van der Waals surface area contributed by atoms with Crippen molar-refractivity contribution < 1.29 is 0 Å². The van der Waals surface area contributed by atoms with Crippen LogP contribution in [0.5, 0.6) is 0 Å². The van der Waals surface area contributed by atoms with Gasteiger partial charge in [0.15, 0.2) is 0 Å². The Balaban J connectivity index is 1.93. The van der Waals surface area contributed by atoms with Gasteiger partial charge in [-0.25, -0.2) is 0 Å². The fourth-order valence-electron chi connectivity index (χ4n) is 3.42. The van der Waals surface area contributed by atoms with E-state index in [1.807, 2.05) is 0 Å². The molecule has 0 N–H and O–H groups in total. The van der Waals surface area contributed by atoms with Crippen LogP contribution in [0, 0.1) is 17.8 Å². The SMILES string of the molecule is CCCCC#CC(C1CCCCC1)N1CCCC1. The summed E-state index contributed by atoms with van der Waals surface area (Å²) in [5.41, 5.74) is 0. The van der Waals surface area contributed by atoms with E-state index in [1.54, 1.807) is 0 Å². The summed E-state index contributed by atoms with van der Waals surface area (Å²) in [6.07, 6.45) is 13.6. The van der Waals surface area contributed by atoms with Gasteiger partial charge in [0.2, 0.25) is 0 Å². The summed E-state index contributed by atoms with van der Waals surface area (Å²) in [5.74, 6) is 7.98. The molecule has 0 aromatic rings. The number of hydrogen-bond donors (Lipinski definition) is 0. The van der Waals surface area contributed by atoms with Gasteiger partial charge in [-0.05, 0) is 51.1 Å². The summed E-state index contributed by atoms with van der Waals surface area (Å²) < 4.78 is 0. The molecule has 0 bridgehead atoms. The lowest BCUT2D eigenvalue weighted by Crippen LogP contribution is -2.38. The van der Waals surface area contributed by atoms with E-state index in [9.17, 15) is 0 Å². The second kappa shape index (κ2) is 7.85. The molecule has 1 nitrogen and oxygen atoms in total. The van der Waals surface area contributed by atoms with Crippen molar-refractivity contribution in [3.8, 4) is 11.8 Å². The van der Waals surface area contributed by atoms with Gasteiger partial charge >= 0.3 is 0 Å². The van der Waals surface area contributed by atoms with Crippen LogP contribution >= 0.6 is 0 Å². The molecule has 1 heteroatoms. The number of unbranched alkanes of at least 4 members (excludes halogenated alkanes) is 2. The fraction of sp³-hybridized carbons (Fsp3) is 0.882. The second-order valence-corrected chi connectivity index (χ2v) is 6.01. The van der Waals surface area contributed by atoms with E-state index in [0.29, 0.717) is 6.04 Å². The minimum atomic E-state index is 0.588. The summed E-state index contributed by atoms with van der Waals surface area (Å²) in [7, 11) is 0. The molecule has 1 heterocycles. The van der Waals surface area contributed by atoms with Gasteiger partial charge in [0, 0.05) is 6.42 Å². The normalized spacial score (nSPS) is 23.6. The maximum atomic E-state index is 3.64. The Hall–Kier alpha value is -0.480. The van der Waals surface area contributed by atoms with Crippen molar-refractivity contribution in [2.24, 2.45) is 5.92 Å². The molecule has 2 aliphatic rings. The Morgan fingerprint density at radius 2 is 1.78 bits per heavy atom. The molecule has 0 aromatic heterocycles. The molecule has 1 saturated heterocycles. The van der Waals surface area contributed by atoms with Gasteiger partial charge in [-0.1, -0.05) is 38.5 Å². The minimum absolute atomic E-state index is 0.588. The smallest absolute Gasteiger partial charge is 0.0743 e. The third-order valence-corrected chi connectivity index (χ3v) is 4.54. The van der Waals surface area contributed by atoms with Crippen molar-refractivity contribution in [1.82, 2.24) is 4.90 Å². The van der Waals surface area contributed by atoms with Crippen LogP contribution in [0.15, 0.2) is 0 Å². The fourth-order valence-corrected chi connectivity index (χ4v) is 3.42. The predicted octanol–water partition coefficient (Wildman–Crippen LogP) is 4.22. The lowest BCUT2D eigenvalue weighted by molar-refractivity contribution is 0.185. The summed E-state index contributed by atoms with van der Waals surface area (Å²) in [6.45, 7) is 4.84. The molecule has 0 radical (unpaired) electrons. The van der Waals surface area contributed by atoms with Crippen molar-refractivity contribution >= 4 is 0 Å². The van der Waals surface area contributed by atoms with Gasteiger partial charge in [0.25, 0.3) is 0 Å². The zero-order chi connectivity index (χ0) is 12.6. The third-order valence-electron chi connectivity index (χ3n) is 4.54. The molecule has 1 atom stereocenters. The molecule has 1 aliphatic carbocycles. The Bertz CT molecular complexity index is 274. The summed E-state index contributed by atoms with van der Waals surface area (Å²) in [5, 5.41) is 0. The van der Waals surface area contributed by atoms with E-state index in [0.717, 1.165) is 12.3 Å². The van der Waals surface area contributed by atoms with Crippen LogP contribution in [-0.2, 0) is 0 Å². The van der Waals surface area contributed by atoms with Gasteiger partial charge in [0.1, 0.15) is 0 Å². The van der Waals surface area contributed by atoms with Crippen molar-refractivity contribution in [3.05, 3.63) is 0 Å². The van der Waals surface area contributed by atoms with Crippen LogP contribution in [0.25, 0.3) is 0 Å². The Morgan fingerprint density at radius 3 is 2.44 bits per heavy atom. The van der Waals surface area contributed by atoms with E-state index < -0.39 is 0 Å². The predicted molar refractivity (Wildman–Crippen MR) is 78.5 cm³/mol. The lowest BCUT2D eigenvalue weighted by Gasteiger charge is -2.33. The molecule has 0 spiro atoms. The Morgan fingerprint density at radius 1 is 1.06 bits per heavy atom. The third kappa shape index (κ3) is 4.02. The molecule has 2 rings (SSSR count). The Kier molecular flexibility index (Phi) is 6.08. The highest BCUT2D eigenvalue weighted by atomic mass is 15.2. The van der Waals surface area contributed by atoms with Crippen molar-refractivity contribution in [2.75, 3.05) is 13.1 Å². The van der Waals surface area contributed by atoms with Crippen LogP contribution < -0.4 is 0 Å².